The summed E-state index contributed by atoms with van der Waals surface area (Å²) in [6.45, 7) is 4.25. The van der Waals surface area contributed by atoms with Gasteiger partial charge < -0.3 is 5.32 Å². The lowest BCUT2D eigenvalue weighted by atomic mass is 9.70. The van der Waals surface area contributed by atoms with Gasteiger partial charge >= 0.3 is 6.03 Å². The smallest absolute Gasteiger partial charge is 0.334 e. The van der Waals surface area contributed by atoms with Crippen LogP contribution in [0.5, 0.6) is 0 Å². The van der Waals surface area contributed by atoms with Crippen molar-refractivity contribution in [1.29, 1.82) is 0 Å². The van der Waals surface area contributed by atoms with Crippen LogP contribution in [-0.4, -0.2) is 18.8 Å². The molecule has 2 amide bonds. The maximum absolute atomic E-state index is 10.7. The van der Waals surface area contributed by atoms with Crippen LogP contribution in [0.3, 0.4) is 0 Å². The third-order valence-corrected chi connectivity index (χ3v) is 2.29. The average molecular weight is 169 g/mol. The van der Waals surface area contributed by atoms with Crippen LogP contribution in [0.25, 0.3) is 0 Å². The molecule has 0 atom stereocenters. The molecule has 0 spiro atoms. The molecule has 4 nitrogen and oxygen atoms in total. The molecule has 0 aromatic carbocycles. The fourth-order valence-electron chi connectivity index (χ4n) is 1.12. The summed E-state index contributed by atoms with van der Waals surface area (Å²) >= 11 is 0. The number of rotatable bonds is 1. The Bertz CT molecular complexity index is 220. The van der Waals surface area contributed by atoms with Gasteiger partial charge in [-0.15, -0.1) is 0 Å². The zero-order valence-electron chi connectivity index (χ0n) is 7.77. The highest BCUT2D eigenvalue weighted by atomic mass is 16.2. The van der Waals surface area contributed by atoms with Gasteiger partial charge in [0.2, 0.25) is 0 Å². The second-order valence-electron chi connectivity index (χ2n) is 3.63. The van der Waals surface area contributed by atoms with Crippen LogP contribution in [0, 0.1) is 5.41 Å². The minimum atomic E-state index is -0.259. The van der Waals surface area contributed by atoms with Crippen molar-refractivity contribution < 1.29 is 4.79 Å². The lowest BCUT2D eigenvalue weighted by Crippen LogP contribution is -2.38. The Hall–Kier alpha value is -1.06. The third-order valence-electron chi connectivity index (χ3n) is 2.29. The van der Waals surface area contributed by atoms with Crippen LogP contribution in [0.2, 0.25) is 0 Å². The van der Waals surface area contributed by atoms with Crippen LogP contribution in [-0.2, 0) is 0 Å². The Balaban J connectivity index is 2.43. The van der Waals surface area contributed by atoms with E-state index in [9.17, 15) is 4.79 Å². The summed E-state index contributed by atoms with van der Waals surface area (Å²) in [6.07, 6.45) is 2.15. The summed E-state index contributed by atoms with van der Waals surface area (Å²) in [5.41, 5.74) is 3.68. The SMILES string of the molecule is CNC(=O)N/N=C1/CCC1(C)C. The summed E-state index contributed by atoms with van der Waals surface area (Å²) in [4.78, 5) is 10.7. The quantitative estimate of drug-likeness (QED) is 0.567. The van der Waals surface area contributed by atoms with E-state index in [1.165, 1.54) is 0 Å². The van der Waals surface area contributed by atoms with Crippen molar-refractivity contribution in [2.45, 2.75) is 26.7 Å². The van der Waals surface area contributed by atoms with E-state index in [-0.39, 0.29) is 11.4 Å². The molecule has 0 heterocycles. The van der Waals surface area contributed by atoms with Gasteiger partial charge in [0, 0.05) is 18.2 Å². The first-order chi connectivity index (χ1) is 5.56. The zero-order valence-corrected chi connectivity index (χ0v) is 7.77. The van der Waals surface area contributed by atoms with Crippen molar-refractivity contribution in [2.24, 2.45) is 10.5 Å². The Morgan fingerprint density at radius 1 is 1.58 bits per heavy atom. The van der Waals surface area contributed by atoms with Crippen molar-refractivity contribution >= 4 is 11.7 Å². The minimum absolute atomic E-state index is 0.182. The molecule has 1 fully saturated rings. The number of nitrogens with zero attached hydrogens (tertiary/aromatic N) is 1. The van der Waals surface area contributed by atoms with Gasteiger partial charge in [0.1, 0.15) is 0 Å². The number of carbonyl (C=O) groups excluding carboxylic acids is 1. The van der Waals surface area contributed by atoms with E-state index in [1.807, 2.05) is 0 Å². The lowest BCUT2D eigenvalue weighted by molar-refractivity contribution is 0.243. The van der Waals surface area contributed by atoms with E-state index < -0.39 is 0 Å². The normalized spacial score (nSPS) is 23.1. The van der Waals surface area contributed by atoms with Crippen molar-refractivity contribution in [3.05, 3.63) is 0 Å². The predicted molar refractivity (Wildman–Crippen MR) is 48.0 cm³/mol. The van der Waals surface area contributed by atoms with Crippen LogP contribution >= 0.6 is 0 Å². The maximum Gasteiger partial charge on any atom is 0.334 e. The molecule has 0 radical (unpaired) electrons. The molecule has 2 N–H and O–H groups in total. The van der Waals surface area contributed by atoms with Crippen molar-refractivity contribution in [3.63, 3.8) is 0 Å². The summed E-state index contributed by atoms with van der Waals surface area (Å²) < 4.78 is 0. The van der Waals surface area contributed by atoms with Crippen LogP contribution < -0.4 is 10.7 Å². The van der Waals surface area contributed by atoms with E-state index in [0.717, 1.165) is 18.6 Å². The topological polar surface area (TPSA) is 53.5 Å². The highest BCUT2D eigenvalue weighted by Crippen LogP contribution is 2.36. The summed E-state index contributed by atoms with van der Waals surface area (Å²) in [7, 11) is 1.57. The first-order valence-corrected chi connectivity index (χ1v) is 4.11. The molecular weight excluding hydrogens is 154 g/mol. The Labute approximate surface area is 72.4 Å². The van der Waals surface area contributed by atoms with Crippen molar-refractivity contribution in [3.8, 4) is 0 Å². The van der Waals surface area contributed by atoms with Gasteiger partial charge in [0.15, 0.2) is 0 Å². The molecule has 1 rings (SSSR count). The number of hydrazone groups is 1. The zero-order chi connectivity index (χ0) is 9.19. The van der Waals surface area contributed by atoms with Gasteiger partial charge in [-0.2, -0.15) is 5.10 Å². The molecular formula is C8H15N3O. The van der Waals surface area contributed by atoms with E-state index in [0.29, 0.717) is 0 Å². The van der Waals surface area contributed by atoms with Crippen LogP contribution in [0.4, 0.5) is 4.79 Å². The number of hydrogen-bond acceptors (Lipinski definition) is 2. The summed E-state index contributed by atoms with van der Waals surface area (Å²) in [6, 6.07) is -0.259. The molecule has 1 aliphatic carbocycles. The molecule has 0 bridgehead atoms. The van der Waals surface area contributed by atoms with Gasteiger partial charge in [0.05, 0.1) is 0 Å². The largest absolute Gasteiger partial charge is 0.340 e. The Morgan fingerprint density at radius 3 is 2.58 bits per heavy atom. The average Bonchev–Trinajstić information content (AvgIpc) is 2.02. The monoisotopic (exact) mass is 169 g/mol. The molecule has 1 saturated carbocycles. The predicted octanol–water partition coefficient (Wildman–Crippen LogP) is 1.09. The van der Waals surface area contributed by atoms with Gasteiger partial charge in [0.25, 0.3) is 0 Å². The second kappa shape index (κ2) is 3.13. The highest BCUT2D eigenvalue weighted by molar-refractivity contribution is 5.95. The number of nitrogens with one attached hydrogen (secondary N) is 2. The maximum atomic E-state index is 10.7. The molecule has 0 unspecified atom stereocenters. The van der Waals surface area contributed by atoms with E-state index in [2.05, 4.69) is 29.7 Å². The van der Waals surface area contributed by atoms with Gasteiger partial charge in [-0.05, 0) is 12.8 Å². The number of amides is 2. The van der Waals surface area contributed by atoms with Crippen molar-refractivity contribution in [2.75, 3.05) is 7.05 Å². The fraction of sp³-hybridized carbons (Fsp3) is 0.750. The van der Waals surface area contributed by atoms with Crippen LogP contribution in [0.1, 0.15) is 26.7 Å². The van der Waals surface area contributed by atoms with Gasteiger partial charge in [-0.25, -0.2) is 10.2 Å². The first kappa shape index (κ1) is 9.03. The highest BCUT2D eigenvalue weighted by Gasteiger charge is 2.34. The lowest BCUT2D eigenvalue weighted by Gasteiger charge is -2.36. The Kier molecular flexibility index (Phi) is 2.35. The molecule has 0 aromatic heterocycles. The molecule has 0 saturated heterocycles. The van der Waals surface area contributed by atoms with E-state index >= 15 is 0 Å². The molecule has 4 heteroatoms. The molecule has 1 aliphatic rings. The summed E-state index contributed by atoms with van der Waals surface area (Å²) in [5, 5.41) is 6.45. The number of carbonyl (C=O) groups is 1. The standard InChI is InChI=1S/C8H15N3O/c1-8(2)5-4-6(8)10-11-7(12)9-3/h4-5H2,1-3H3,(H2,9,11,12)/b10-6-. The summed E-state index contributed by atoms with van der Waals surface area (Å²) in [5.74, 6) is 0. The second-order valence-corrected chi connectivity index (χ2v) is 3.63. The molecule has 0 aromatic rings. The van der Waals surface area contributed by atoms with Crippen LogP contribution in [0.15, 0.2) is 5.10 Å². The minimum Gasteiger partial charge on any atom is -0.340 e. The number of urea groups is 1. The van der Waals surface area contributed by atoms with E-state index in [4.69, 9.17) is 0 Å². The van der Waals surface area contributed by atoms with Gasteiger partial charge in [-0.1, -0.05) is 13.8 Å². The molecule has 12 heavy (non-hydrogen) atoms. The fourth-order valence-corrected chi connectivity index (χ4v) is 1.12. The molecule has 0 aliphatic heterocycles. The van der Waals surface area contributed by atoms with E-state index in [1.54, 1.807) is 7.05 Å². The molecule has 68 valence electrons. The third kappa shape index (κ3) is 1.75. The van der Waals surface area contributed by atoms with Crippen molar-refractivity contribution in [1.82, 2.24) is 10.7 Å². The Morgan fingerprint density at radius 2 is 2.25 bits per heavy atom. The number of hydrogen-bond donors (Lipinski definition) is 2. The van der Waals surface area contributed by atoms with Gasteiger partial charge in [-0.3, -0.25) is 0 Å². The first-order valence-electron chi connectivity index (χ1n) is 4.11.